The first-order valence-electron chi connectivity index (χ1n) is 5.69. The van der Waals surface area contributed by atoms with Crippen molar-refractivity contribution in [3.8, 4) is 0 Å². The Bertz CT molecular complexity index is 573. The van der Waals surface area contributed by atoms with E-state index in [1.807, 2.05) is 30.5 Å². The van der Waals surface area contributed by atoms with Crippen LogP contribution in [0.15, 0.2) is 47.4 Å². The number of alkyl halides is 2. The van der Waals surface area contributed by atoms with Gasteiger partial charge >= 0.3 is 0 Å². The number of para-hydroxylation sites is 1. The highest BCUT2D eigenvalue weighted by molar-refractivity contribution is 7.98. The third kappa shape index (κ3) is 3.17. The number of hydrogen-bond donors (Lipinski definition) is 2. The lowest BCUT2D eigenvalue weighted by atomic mass is 10.1. The second kappa shape index (κ2) is 5.93. The predicted octanol–water partition coefficient (Wildman–Crippen LogP) is 4.67. The van der Waals surface area contributed by atoms with Crippen LogP contribution in [0, 0.1) is 0 Å². The molecule has 0 spiro atoms. The molecule has 100 valence electrons. The molecular formula is C14H14F2N2S. The van der Waals surface area contributed by atoms with Crippen molar-refractivity contribution in [1.29, 1.82) is 0 Å². The summed E-state index contributed by atoms with van der Waals surface area (Å²) in [7, 11) is 0. The summed E-state index contributed by atoms with van der Waals surface area (Å²) in [5, 5.41) is 3.04. The van der Waals surface area contributed by atoms with E-state index in [4.69, 9.17) is 5.73 Å². The SMILES string of the molecule is CSc1ccccc1Nc1ccc(N)cc1C(F)F. The largest absolute Gasteiger partial charge is 0.399 e. The van der Waals surface area contributed by atoms with E-state index in [0.29, 0.717) is 11.4 Å². The fourth-order valence-corrected chi connectivity index (χ4v) is 2.32. The summed E-state index contributed by atoms with van der Waals surface area (Å²) in [5.41, 5.74) is 6.98. The molecule has 0 radical (unpaired) electrons. The molecule has 0 atom stereocenters. The topological polar surface area (TPSA) is 38.0 Å². The number of anilines is 3. The van der Waals surface area contributed by atoms with Crippen molar-refractivity contribution in [3.05, 3.63) is 48.0 Å². The van der Waals surface area contributed by atoms with Crippen molar-refractivity contribution in [2.75, 3.05) is 17.3 Å². The normalized spacial score (nSPS) is 10.7. The lowest BCUT2D eigenvalue weighted by Gasteiger charge is -2.14. The van der Waals surface area contributed by atoms with E-state index in [0.717, 1.165) is 10.6 Å². The molecule has 3 N–H and O–H groups in total. The molecule has 0 aromatic heterocycles. The number of hydrogen-bond acceptors (Lipinski definition) is 3. The van der Waals surface area contributed by atoms with E-state index in [1.165, 1.54) is 6.07 Å². The average Bonchev–Trinajstić information content (AvgIpc) is 2.41. The Morgan fingerprint density at radius 1 is 1.11 bits per heavy atom. The zero-order chi connectivity index (χ0) is 13.8. The minimum absolute atomic E-state index is 0.0871. The van der Waals surface area contributed by atoms with Gasteiger partial charge in [0.2, 0.25) is 0 Å². The number of thioether (sulfide) groups is 1. The van der Waals surface area contributed by atoms with Gasteiger partial charge in [-0.25, -0.2) is 8.78 Å². The fourth-order valence-electron chi connectivity index (χ4n) is 1.77. The quantitative estimate of drug-likeness (QED) is 0.631. The molecule has 0 unspecified atom stereocenters. The Morgan fingerprint density at radius 3 is 2.53 bits per heavy atom. The van der Waals surface area contributed by atoms with Crippen LogP contribution >= 0.6 is 11.8 Å². The smallest absolute Gasteiger partial charge is 0.265 e. The second-order valence-electron chi connectivity index (χ2n) is 3.97. The number of nitrogen functional groups attached to an aromatic ring is 1. The van der Waals surface area contributed by atoms with Crippen LogP contribution in [0.2, 0.25) is 0 Å². The van der Waals surface area contributed by atoms with Crippen molar-refractivity contribution < 1.29 is 8.78 Å². The van der Waals surface area contributed by atoms with Crippen LogP contribution in [0.3, 0.4) is 0 Å². The van der Waals surface area contributed by atoms with Crippen molar-refractivity contribution >= 4 is 28.8 Å². The maximum Gasteiger partial charge on any atom is 0.265 e. The molecule has 0 saturated carbocycles. The van der Waals surface area contributed by atoms with Gasteiger partial charge < -0.3 is 11.1 Å². The first kappa shape index (κ1) is 13.7. The third-order valence-electron chi connectivity index (χ3n) is 2.69. The van der Waals surface area contributed by atoms with Crippen LogP contribution < -0.4 is 11.1 Å². The molecule has 0 aliphatic heterocycles. The maximum absolute atomic E-state index is 13.0. The maximum atomic E-state index is 13.0. The summed E-state index contributed by atoms with van der Waals surface area (Å²) in [6, 6.07) is 12.1. The molecular weight excluding hydrogens is 266 g/mol. The highest BCUT2D eigenvalue weighted by Gasteiger charge is 2.14. The highest BCUT2D eigenvalue weighted by Crippen LogP contribution is 2.33. The Kier molecular flexibility index (Phi) is 4.27. The van der Waals surface area contributed by atoms with Gasteiger partial charge in [0.15, 0.2) is 0 Å². The number of nitrogens with two attached hydrogens (primary N) is 1. The first-order valence-corrected chi connectivity index (χ1v) is 6.92. The van der Waals surface area contributed by atoms with E-state index in [1.54, 1.807) is 23.9 Å². The van der Waals surface area contributed by atoms with Gasteiger partial charge in [-0.1, -0.05) is 12.1 Å². The molecule has 0 aliphatic rings. The summed E-state index contributed by atoms with van der Waals surface area (Å²) in [5.74, 6) is 0. The highest BCUT2D eigenvalue weighted by atomic mass is 32.2. The molecule has 0 fully saturated rings. The molecule has 19 heavy (non-hydrogen) atoms. The second-order valence-corrected chi connectivity index (χ2v) is 4.82. The number of halogens is 2. The van der Waals surface area contributed by atoms with Gasteiger partial charge in [-0.15, -0.1) is 11.8 Å². The molecule has 2 aromatic carbocycles. The summed E-state index contributed by atoms with van der Waals surface area (Å²) in [6.45, 7) is 0. The zero-order valence-corrected chi connectivity index (χ0v) is 11.2. The summed E-state index contributed by atoms with van der Waals surface area (Å²) >= 11 is 1.56. The molecule has 2 rings (SSSR count). The molecule has 5 heteroatoms. The summed E-state index contributed by atoms with van der Waals surface area (Å²) in [4.78, 5) is 1.000. The number of rotatable bonds is 4. The van der Waals surface area contributed by atoms with Gasteiger partial charge in [0.05, 0.1) is 5.69 Å². The molecule has 0 bridgehead atoms. The van der Waals surface area contributed by atoms with Crippen LogP contribution in [0.5, 0.6) is 0 Å². The molecule has 0 amide bonds. The van der Waals surface area contributed by atoms with Crippen LogP contribution in [-0.4, -0.2) is 6.26 Å². The van der Waals surface area contributed by atoms with Crippen LogP contribution in [-0.2, 0) is 0 Å². The first-order chi connectivity index (χ1) is 9.11. The van der Waals surface area contributed by atoms with Gasteiger partial charge in [0.1, 0.15) is 0 Å². The van der Waals surface area contributed by atoms with Crippen molar-refractivity contribution in [3.63, 3.8) is 0 Å². The number of benzene rings is 2. The summed E-state index contributed by atoms with van der Waals surface area (Å²) < 4.78 is 26.0. The lowest BCUT2D eigenvalue weighted by molar-refractivity contribution is 0.152. The Hall–Kier alpha value is -1.75. The van der Waals surface area contributed by atoms with E-state index < -0.39 is 6.43 Å². The minimum atomic E-state index is -2.56. The van der Waals surface area contributed by atoms with Crippen molar-refractivity contribution in [1.82, 2.24) is 0 Å². The van der Waals surface area contributed by atoms with Crippen LogP contribution in [0.4, 0.5) is 25.8 Å². The number of nitrogens with one attached hydrogen (secondary N) is 1. The van der Waals surface area contributed by atoms with Gasteiger partial charge in [-0.05, 0) is 36.6 Å². The standard InChI is InChI=1S/C14H14F2N2S/c1-19-13-5-3-2-4-12(13)18-11-7-6-9(17)8-10(11)14(15)16/h2-8,14,18H,17H2,1H3. The predicted molar refractivity (Wildman–Crippen MR) is 77.3 cm³/mol. The fraction of sp³-hybridized carbons (Fsp3) is 0.143. The summed E-state index contributed by atoms with van der Waals surface area (Å²) in [6.07, 6.45) is -0.621. The monoisotopic (exact) mass is 280 g/mol. The Balaban J connectivity index is 2.38. The Morgan fingerprint density at radius 2 is 1.84 bits per heavy atom. The molecule has 0 heterocycles. The van der Waals surface area contributed by atoms with Crippen LogP contribution in [0.25, 0.3) is 0 Å². The third-order valence-corrected chi connectivity index (χ3v) is 3.48. The molecule has 2 aromatic rings. The van der Waals surface area contributed by atoms with E-state index in [-0.39, 0.29) is 5.56 Å². The zero-order valence-electron chi connectivity index (χ0n) is 10.4. The molecule has 2 nitrogen and oxygen atoms in total. The Labute approximate surface area is 115 Å². The van der Waals surface area contributed by atoms with E-state index >= 15 is 0 Å². The minimum Gasteiger partial charge on any atom is -0.399 e. The molecule has 0 aliphatic carbocycles. The van der Waals surface area contributed by atoms with Crippen LogP contribution in [0.1, 0.15) is 12.0 Å². The molecule has 0 saturated heterocycles. The van der Waals surface area contributed by atoms with E-state index in [2.05, 4.69) is 5.32 Å². The lowest BCUT2D eigenvalue weighted by Crippen LogP contribution is -1.99. The van der Waals surface area contributed by atoms with E-state index in [9.17, 15) is 8.78 Å². The van der Waals surface area contributed by atoms with Gasteiger partial charge in [-0.2, -0.15) is 0 Å². The van der Waals surface area contributed by atoms with Crippen molar-refractivity contribution in [2.24, 2.45) is 0 Å². The van der Waals surface area contributed by atoms with Gasteiger partial charge in [0, 0.05) is 21.8 Å². The average molecular weight is 280 g/mol. The van der Waals surface area contributed by atoms with Gasteiger partial charge in [-0.3, -0.25) is 0 Å². The van der Waals surface area contributed by atoms with Crippen molar-refractivity contribution in [2.45, 2.75) is 11.3 Å². The van der Waals surface area contributed by atoms with Gasteiger partial charge in [0.25, 0.3) is 6.43 Å².